The first-order valence-corrected chi connectivity index (χ1v) is 11.6. The molecular weight excluding hydrogens is 390 g/mol. The fraction of sp³-hybridized carbons (Fsp3) is 0.429. The van der Waals surface area contributed by atoms with Crippen molar-refractivity contribution in [3.05, 3.63) is 58.6 Å². The van der Waals surface area contributed by atoms with Gasteiger partial charge in [-0.1, -0.05) is 32.0 Å². The molecule has 2 aromatic carbocycles. The number of thioether (sulfide) groups is 2. The van der Waals surface area contributed by atoms with Crippen LogP contribution in [0.1, 0.15) is 20.3 Å². The minimum atomic E-state index is -0.310. The molecule has 0 bridgehead atoms. The van der Waals surface area contributed by atoms with E-state index < -0.39 is 0 Å². The van der Waals surface area contributed by atoms with Crippen LogP contribution >= 0.6 is 23.5 Å². The summed E-state index contributed by atoms with van der Waals surface area (Å²) in [5.41, 5.74) is 0.724. The largest absolute Gasteiger partial charge is 0.376 e. The van der Waals surface area contributed by atoms with Gasteiger partial charge in [0, 0.05) is 27.7 Å². The minimum Gasteiger partial charge on any atom is -0.376 e. The van der Waals surface area contributed by atoms with E-state index in [1.54, 1.807) is 17.8 Å². The number of nitro groups is 1. The van der Waals surface area contributed by atoms with Crippen LogP contribution in [-0.4, -0.2) is 48.5 Å². The fourth-order valence-corrected chi connectivity index (χ4v) is 3.88. The van der Waals surface area contributed by atoms with E-state index in [9.17, 15) is 10.1 Å². The molecule has 1 atom stereocenters. The van der Waals surface area contributed by atoms with Gasteiger partial charge in [-0.15, -0.1) is 23.5 Å². The number of hydrogen-bond acceptors (Lipinski definition) is 6. The average Bonchev–Trinajstić information content (AvgIpc) is 2.72. The first kappa shape index (κ1) is 24.3. The molecule has 0 amide bonds. The van der Waals surface area contributed by atoms with Gasteiger partial charge in [-0.25, -0.2) is 0 Å². The van der Waals surface area contributed by atoms with Crippen molar-refractivity contribution in [3.8, 4) is 0 Å². The summed E-state index contributed by atoms with van der Waals surface area (Å²) in [6.07, 6.45) is 2.83. The maximum atomic E-state index is 11.5. The number of nitrogens with zero attached hydrogens (tertiary/aromatic N) is 2. The van der Waals surface area contributed by atoms with Crippen molar-refractivity contribution in [1.82, 2.24) is 4.90 Å². The van der Waals surface area contributed by atoms with Crippen LogP contribution in [0.3, 0.4) is 0 Å². The molecule has 154 valence electrons. The summed E-state index contributed by atoms with van der Waals surface area (Å²) in [4.78, 5) is 15.4. The van der Waals surface area contributed by atoms with Crippen LogP contribution in [0.4, 0.5) is 11.4 Å². The molecule has 0 aliphatic rings. The van der Waals surface area contributed by atoms with Gasteiger partial charge < -0.3 is 10.2 Å². The van der Waals surface area contributed by atoms with Crippen molar-refractivity contribution < 1.29 is 4.92 Å². The van der Waals surface area contributed by atoms with Gasteiger partial charge in [-0.2, -0.15) is 0 Å². The molecule has 0 spiro atoms. The van der Waals surface area contributed by atoms with E-state index in [4.69, 9.17) is 0 Å². The van der Waals surface area contributed by atoms with Gasteiger partial charge in [0.05, 0.1) is 4.92 Å². The van der Waals surface area contributed by atoms with Crippen LogP contribution in [0.5, 0.6) is 0 Å². The smallest absolute Gasteiger partial charge is 0.293 e. The molecule has 0 saturated heterocycles. The lowest BCUT2D eigenvalue weighted by Crippen LogP contribution is -2.28. The Morgan fingerprint density at radius 1 is 1.11 bits per heavy atom. The summed E-state index contributed by atoms with van der Waals surface area (Å²) in [7, 11) is 4.08. The third-order valence-electron chi connectivity index (χ3n) is 3.88. The molecular formula is C21H31N3O2S2. The lowest BCUT2D eigenvalue weighted by atomic mass is 10.2. The van der Waals surface area contributed by atoms with E-state index in [0.717, 1.165) is 23.6 Å². The molecule has 28 heavy (non-hydrogen) atoms. The highest BCUT2D eigenvalue weighted by Crippen LogP contribution is 2.31. The van der Waals surface area contributed by atoms with E-state index in [1.165, 1.54) is 16.7 Å². The summed E-state index contributed by atoms with van der Waals surface area (Å²) in [6, 6.07) is 15.7. The Morgan fingerprint density at radius 2 is 1.79 bits per heavy atom. The van der Waals surface area contributed by atoms with Gasteiger partial charge in [0.2, 0.25) is 0 Å². The topological polar surface area (TPSA) is 58.4 Å². The molecule has 0 fully saturated rings. The quantitative estimate of drug-likeness (QED) is 0.294. The monoisotopic (exact) mass is 421 g/mol. The van der Waals surface area contributed by atoms with Crippen LogP contribution in [0.2, 0.25) is 0 Å². The predicted molar refractivity (Wildman–Crippen MR) is 124 cm³/mol. The van der Waals surface area contributed by atoms with Crippen LogP contribution in [0, 0.1) is 10.1 Å². The highest BCUT2D eigenvalue weighted by Gasteiger charge is 2.18. The molecule has 5 nitrogen and oxygen atoms in total. The van der Waals surface area contributed by atoms with Crippen molar-refractivity contribution in [2.75, 3.05) is 38.0 Å². The SMILES string of the molecule is CC.CSc1ccc(NC(CCN(C)C)CSc2ccccc2)c([N+](=O)[O-])c1. The highest BCUT2D eigenvalue weighted by atomic mass is 32.2. The van der Waals surface area contributed by atoms with Gasteiger partial charge >= 0.3 is 0 Å². The molecule has 7 heteroatoms. The molecule has 1 N–H and O–H groups in total. The van der Waals surface area contributed by atoms with Gasteiger partial charge in [0.1, 0.15) is 5.69 Å². The fourth-order valence-electron chi connectivity index (χ4n) is 2.46. The third kappa shape index (κ3) is 8.54. The number of hydrogen-bond donors (Lipinski definition) is 1. The molecule has 0 heterocycles. The van der Waals surface area contributed by atoms with Crippen molar-refractivity contribution in [3.63, 3.8) is 0 Å². The normalized spacial score (nSPS) is 11.5. The molecule has 0 aliphatic carbocycles. The lowest BCUT2D eigenvalue weighted by Gasteiger charge is -2.21. The molecule has 0 saturated carbocycles. The molecule has 0 aromatic heterocycles. The van der Waals surface area contributed by atoms with E-state index in [-0.39, 0.29) is 16.7 Å². The third-order valence-corrected chi connectivity index (χ3v) is 5.78. The van der Waals surface area contributed by atoms with Gasteiger partial charge in [-0.3, -0.25) is 10.1 Å². The van der Waals surface area contributed by atoms with E-state index in [0.29, 0.717) is 5.69 Å². The second-order valence-corrected chi connectivity index (χ2v) is 8.17. The Kier molecular flexibility index (Phi) is 11.7. The Labute approximate surface area is 177 Å². The number of benzene rings is 2. The maximum Gasteiger partial charge on any atom is 0.293 e. The summed E-state index contributed by atoms with van der Waals surface area (Å²) >= 11 is 3.27. The van der Waals surface area contributed by atoms with Crippen LogP contribution in [0.15, 0.2) is 58.3 Å². The van der Waals surface area contributed by atoms with Crippen molar-refractivity contribution >= 4 is 34.9 Å². The van der Waals surface area contributed by atoms with Crippen LogP contribution in [0.25, 0.3) is 0 Å². The predicted octanol–water partition coefficient (Wildman–Crippen LogP) is 5.87. The zero-order chi connectivity index (χ0) is 20.9. The van der Waals surface area contributed by atoms with Crippen LogP contribution in [-0.2, 0) is 0 Å². The number of nitro benzene ring substituents is 1. The minimum absolute atomic E-state index is 0.136. The van der Waals surface area contributed by atoms with Crippen molar-refractivity contribution in [1.29, 1.82) is 0 Å². The Hall–Kier alpha value is -1.70. The van der Waals surface area contributed by atoms with Gasteiger partial charge in [-0.05, 0) is 57.6 Å². The second-order valence-electron chi connectivity index (χ2n) is 6.20. The molecule has 2 aromatic rings. The van der Waals surface area contributed by atoms with E-state index in [1.807, 2.05) is 64.5 Å². The summed E-state index contributed by atoms with van der Waals surface area (Å²) in [5.74, 6) is 0.847. The summed E-state index contributed by atoms with van der Waals surface area (Å²) in [6.45, 7) is 4.92. The molecule has 0 aliphatic heterocycles. The Bertz CT molecular complexity index is 712. The first-order valence-electron chi connectivity index (χ1n) is 9.41. The zero-order valence-corrected chi connectivity index (χ0v) is 19.0. The average molecular weight is 422 g/mol. The summed E-state index contributed by atoms with van der Waals surface area (Å²) < 4.78 is 0. The second kappa shape index (κ2) is 13.5. The van der Waals surface area contributed by atoms with Gasteiger partial charge in [0.15, 0.2) is 0 Å². The van der Waals surface area contributed by atoms with Crippen molar-refractivity contribution in [2.24, 2.45) is 0 Å². The summed E-state index contributed by atoms with van der Waals surface area (Å²) in [5, 5.41) is 14.9. The number of rotatable bonds is 10. The lowest BCUT2D eigenvalue weighted by molar-refractivity contribution is -0.384. The highest BCUT2D eigenvalue weighted by molar-refractivity contribution is 7.99. The van der Waals surface area contributed by atoms with E-state index >= 15 is 0 Å². The first-order chi connectivity index (χ1) is 13.5. The number of nitrogens with one attached hydrogen (secondary N) is 1. The number of anilines is 1. The molecule has 2 rings (SSSR count). The van der Waals surface area contributed by atoms with Crippen molar-refractivity contribution in [2.45, 2.75) is 36.1 Å². The maximum absolute atomic E-state index is 11.5. The molecule has 1 unspecified atom stereocenters. The standard InChI is InChI=1S/C19H25N3O2S2.C2H6/c1-21(2)12-11-15(14-26-16-7-5-4-6-8-16)20-18-10-9-17(25-3)13-19(18)22(23)24;1-2/h4-10,13,15,20H,11-12,14H2,1-3H3;1-2H3. The van der Waals surface area contributed by atoms with Gasteiger partial charge in [0.25, 0.3) is 5.69 Å². The zero-order valence-electron chi connectivity index (χ0n) is 17.3. The van der Waals surface area contributed by atoms with E-state index in [2.05, 4.69) is 22.3 Å². The Morgan fingerprint density at radius 3 is 2.36 bits per heavy atom. The molecule has 0 radical (unpaired) electrons. The van der Waals surface area contributed by atoms with Crippen LogP contribution < -0.4 is 5.32 Å². The Balaban J connectivity index is 0.00000190.